The number of halogens is 3. The standard InChI is InChI=1S/C20H20Cl2FNO3/c21-18-2-1-3-19(22)17(18)13-26-12-16-11-24(8-9-27-16)20(25)10-14-4-6-15(23)7-5-14/h1-7,16H,8-13H2/t16-/m1/s1. The van der Waals surface area contributed by atoms with Crippen molar-refractivity contribution in [1.82, 2.24) is 4.90 Å². The highest BCUT2D eigenvalue weighted by Gasteiger charge is 2.24. The highest BCUT2D eigenvalue weighted by atomic mass is 35.5. The molecule has 0 N–H and O–H groups in total. The van der Waals surface area contributed by atoms with E-state index in [4.69, 9.17) is 32.7 Å². The fourth-order valence-electron chi connectivity index (χ4n) is 2.90. The van der Waals surface area contributed by atoms with E-state index in [9.17, 15) is 9.18 Å². The van der Waals surface area contributed by atoms with Crippen LogP contribution >= 0.6 is 23.2 Å². The Hall–Kier alpha value is -1.66. The molecule has 27 heavy (non-hydrogen) atoms. The molecule has 1 aliphatic rings. The predicted octanol–water partition coefficient (Wildman–Crippen LogP) is 4.12. The highest BCUT2D eigenvalue weighted by molar-refractivity contribution is 6.35. The molecule has 2 aromatic rings. The van der Waals surface area contributed by atoms with Crippen molar-refractivity contribution in [1.29, 1.82) is 0 Å². The number of amides is 1. The quantitative estimate of drug-likeness (QED) is 0.717. The summed E-state index contributed by atoms with van der Waals surface area (Å²) >= 11 is 12.3. The van der Waals surface area contributed by atoms with Gasteiger partial charge in [-0.3, -0.25) is 4.79 Å². The van der Waals surface area contributed by atoms with Crippen LogP contribution in [0.25, 0.3) is 0 Å². The number of hydrogen-bond acceptors (Lipinski definition) is 3. The number of morpholine rings is 1. The Morgan fingerprint density at radius 3 is 2.59 bits per heavy atom. The topological polar surface area (TPSA) is 38.8 Å². The van der Waals surface area contributed by atoms with Crippen LogP contribution in [-0.2, 0) is 27.3 Å². The summed E-state index contributed by atoms with van der Waals surface area (Å²) < 4.78 is 24.4. The third kappa shape index (κ3) is 5.66. The molecule has 0 aliphatic carbocycles. The van der Waals surface area contributed by atoms with Gasteiger partial charge in [-0.25, -0.2) is 4.39 Å². The second kappa shape index (κ2) is 9.51. The highest BCUT2D eigenvalue weighted by Crippen LogP contribution is 2.25. The maximum Gasteiger partial charge on any atom is 0.227 e. The second-order valence-electron chi connectivity index (χ2n) is 6.35. The van der Waals surface area contributed by atoms with E-state index in [2.05, 4.69) is 0 Å². The summed E-state index contributed by atoms with van der Waals surface area (Å²) in [7, 11) is 0. The van der Waals surface area contributed by atoms with Crippen molar-refractivity contribution >= 4 is 29.1 Å². The molecule has 1 fully saturated rings. The lowest BCUT2D eigenvalue weighted by molar-refractivity contribution is -0.140. The molecule has 0 aromatic heterocycles. The summed E-state index contributed by atoms with van der Waals surface area (Å²) in [6.45, 7) is 2.06. The maximum atomic E-state index is 13.0. The first kappa shape index (κ1) is 20.1. The van der Waals surface area contributed by atoms with Gasteiger partial charge in [0.15, 0.2) is 0 Å². The van der Waals surface area contributed by atoms with Gasteiger partial charge in [0.1, 0.15) is 5.82 Å². The van der Waals surface area contributed by atoms with Crippen molar-refractivity contribution in [3.63, 3.8) is 0 Å². The third-order valence-electron chi connectivity index (χ3n) is 4.37. The Kier molecular flexibility index (Phi) is 7.07. The van der Waals surface area contributed by atoms with Gasteiger partial charge in [-0.05, 0) is 29.8 Å². The van der Waals surface area contributed by atoms with Gasteiger partial charge in [0, 0.05) is 28.7 Å². The molecule has 1 saturated heterocycles. The van der Waals surface area contributed by atoms with Gasteiger partial charge in [-0.1, -0.05) is 41.4 Å². The van der Waals surface area contributed by atoms with Crippen molar-refractivity contribution in [2.75, 3.05) is 26.3 Å². The molecule has 4 nitrogen and oxygen atoms in total. The number of carbonyl (C=O) groups excluding carboxylic acids is 1. The van der Waals surface area contributed by atoms with Crippen molar-refractivity contribution in [2.45, 2.75) is 19.1 Å². The summed E-state index contributed by atoms with van der Waals surface area (Å²) in [5.74, 6) is -0.322. The van der Waals surface area contributed by atoms with E-state index < -0.39 is 0 Å². The predicted molar refractivity (Wildman–Crippen MR) is 103 cm³/mol. The summed E-state index contributed by atoms with van der Waals surface area (Å²) in [5, 5.41) is 1.12. The van der Waals surface area contributed by atoms with Crippen LogP contribution in [0.4, 0.5) is 4.39 Å². The second-order valence-corrected chi connectivity index (χ2v) is 7.17. The number of nitrogens with zero attached hydrogens (tertiary/aromatic N) is 1. The van der Waals surface area contributed by atoms with Gasteiger partial charge in [0.2, 0.25) is 5.91 Å². The molecule has 0 saturated carbocycles. The molecule has 0 bridgehead atoms. The molecule has 0 spiro atoms. The summed E-state index contributed by atoms with van der Waals surface area (Å²) in [6, 6.07) is 11.3. The van der Waals surface area contributed by atoms with E-state index in [0.717, 1.165) is 11.1 Å². The zero-order valence-electron chi connectivity index (χ0n) is 14.7. The van der Waals surface area contributed by atoms with Crippen LogP contribution in [0.15, 0.2) is 42.5 Å². The monoisotopic (exact) mass is 411 g/mol. The molecular weight excluding hydrogens is 392 g/mol. The van der Waals surface area contributed by atoms with Crippen LogP contribution in [0.2, 0.25) is 10.0 Å². The number of benzene rings is 2. The van der Waals surface area contributed by atoms with Crippen LogP contribution in [0.3, 0.4) is 0 Å². The fourth-order valence-corrected chi connectivity index (χ4v) is 3.40. The molecule has 2 aromatic carbocycles. The summed E-state index contributed by atoms with van der Waals surface area (Å²) in [6.07, 6.45) is 0.0282. The molecule has 0 unspecified atom stereocenters. The van der Waals surface area contributed by atoms with E-state index in [-0.39, 0.29) is 30.9 Å². The number of ether oxygens (including phenoxy) is 2. The molecule has 7 heteroatoms. The van der Waals surface area contributed by atoms with E-state index in [1.807, 2.05) is 0 Å². The lowest BCUT2D eigenvalue weighted by Gasteiger charge is -2.33. The zero-order valence-corrected chi connectivity index (χ0v) is 16.2. The van der Waals surface area contributed by atoms with Crippen LogP contribution in [0.1, 0.15) is 11.1 Å². The Bertz CT molecular complexity index is 765. The van der Waals surface area contributed by atoms with Gasteiger partial charge in [0.25, 0.3) is 0 Å². The van der Waals surface area contributed by atoms with Crippen LogP contribution in [0, 0.1) is 5.82 Å². The maximum absolute atomic E-state index is 13.0. The van der Waals surface area contributed by atoms with E-state index in [0.29, 0.717) is 36.3 Å². The SMILES string of the molecule is O=C(Cc1ccc(F)cc1)N1CCO[C@@H](COCc2c(Cl)cccc2Cl)C1. The average Bonchev–Trinajstić information content (AvgIpc) is 2.66. The Morgan fingerprint density at radius 2 is 1.89 bits per heavy atom. The van der Waals surface area contributed by atoms with E-state index >= 15 is 0 Å². The summed E-state index contributed by atoms with van der Waals surface area (Å²) in [5.41, 5.74) is 1.52. The third-order valence-corrected chi connectivity index (χ3v) is 5.08. The van der Waals surface area contributed by atoms with Gasteiger partial charge >= 0.3 is 0 Å². The molecule has 1 heterocycles. The lowest BCUT2D eigenvalue weighted by atomic mass is 10.1. The van der Waals surface area contributed by atoms with E-state index in [1.165, 1.54) is 12.1 Å². The van der Waals surface area contributed by atoms with Gasteiger partial charge in [-0.2, -0.15) is 0 Å². The Balaban J connectivity index is 1.48. The van der Waals surface area contributed by atoms with E-state index in [1.54, 1.807) is 35.2 Å². The van der Waals surface area contributed by atoms with Crippen molar-refractivity contribution in [3.8, 4) is 0 Å². The molecule has 0 radical (unpaired) electrons. The fraction of sp³-hybridized carbons (Fsp3) is 0.350. The van der Waals surface area contributed by atoms with Gasteiger partial charge < -0.3 is 14.4 Å². The molecule has 1 aliphatic heterocycles. The molecule has 1 amide bonds. The smallest absolute Gasteiger partial charge is 0.227 e. The normalized spacial score (nSPS) is 17.1. The lowest BCUT2D eigenvalue weighted by Crippen LogP contribution is -2.47. The minimum Gasteiger partial charge on any atom is -0.374 e. The average molecular weight is 412 g/mol. The van der Waals surface area contributed by atoms with Gasteiger partial charge in [-0.15, -0.1) is 0 Å². The van der Waals surface area contributed by atoms with Crippen LogP contribution < -0.4 is 0 Å². The Morgan fingerprint density at radius 1 is 1.19 bits per heavy atom. The van der Waals surface area contributed by atoms with Crippen LogP contribution in [-0.4, -0.2) is 43.2 Å². The molecular formula is C20H20Cl2FNO3. The number of hydrogen-bond donors (Lipinski definition) is 0. The summed E-state index contributed by atoms with van der Waals surface area (Å²) in [4.78, 5) is 14.2. The number of rotatable bonds is 6. The minimum atomic E-state index is -0.312. The number of carbonyl (C=O) groups is 1. The largest absolute Gasteiger partial charge is 0.374 e. The minimum absolute atomic E-state index is 0.0101. The molecule has 1 atom stereocenters. The molecule has 3 rings (SSSR count). The van der Waals surface area contributed by atoms with Crippen molar-refractivity contribution < 1.29 is 18.7 Å². The van der Waals surface area contributed by atoms with Gasteiger partial charge in [0.05, 0.1) is 32.3 Å². The molecule has 144 valence electrons. The first-order valence-corrected chi connectivity index (χ1v) is 9.43. The van der Waals surface area contributed by atoms with Crippen LogP contribution in [0.5, 0.6) is 0 Å². The zero-order chi connectivity index (χ0) is 19.2. The Labute approximate surface area is 167 Å². The first-order valence-electron chi connectivity index (χ1n) is 8.67. The first-order chi connectivity index (χ1) is 13.0. The van der Waals surface area contributed by atoms with Crippen molar-refractivity contribution in [3.05, 3.63) is 69.5 Å². The van der Waals surface area contributed by atoms with Crippen molar-refractivity contribution in [2.24, 2.45) is 0 Å².